The second-order valence-electron chi connectivity index (χ2n) is 9.33. The van der Waals surface area contributed by atoms with Gasteiger partial charge in [-0.1, -0.05) is 30.3 Å². The number of nitrogens with zero attached hydrogens (tertiary/aromatic N) is 2. The lowest BCUT2D eigenvalue weighted by Crippen LogP contribution is -2.54. The molecule has 0 fully saturated rings. The van der Waals surface area contributed by atoms with E-state index < -0.39 is 34.1 Å². The zero-order valence-electron chi connectivity index (χ0n) is 21.0. The van der Waals surface area contributed by atoms with Crippen molar-refractivity contribution in [3.8, 4) is 5.75 Å². The van der Waals surface area contributed by atoms with E-state index in [1.54, 1.807) is 31.2 Å². The van der Waals surface area contributed by atoms with Crippen molar-refractivity contribution in [1.82, 2.24) is 10.2 Å². The molecule has 186 valence electrons. The average Bonchev–Trinajstić information content (AvgIpc) is 2.74. The number of amides is 2. The minimum Gasteiger partial charge on any atom is -0.497 e. The Morgan fingerprint density at radius 3 is 2.29 bits per heavy atom. The van der Waals surface area contributed by atoms with E-state index >= 15 is 0 Å². The van der Waals surface area contributed by atoms with Gasteiger partial charge in [-0.2, -0.15) is 0 Å². The maximum Gasteiger partial charge on any atom is 0.244 e. The first kappa shape index (κ1) is 27.2. The van der Waals surface area contributed by atoms with Crippen molar-refractivity contribution >= 4 is 27.5 Å². The summed E-state index contributed by atoms with van der Waals surface area (Å²) in [6.45, 7) is 8.87. The molecule has 2 aromatic carbocycles. The van der Waals surface area contributed by atoms with Crippen LogP contribution in [0.4, 0.5) is 5.69 Å². The van der Waals surface area contributed by atoms with Crippen LogP contribution in [0.25, 0.3) is 0 Å². The van der Waals surface area contributed by atoms with E-state index in [4.69, 9.17) is 4.74 Å². The molecule has 0 aromatic heterocycles. The van der Waals surface area contributed by atoms with Crippen molar-refractivity contribution < 1.29 is 22.7 Å². The molecule has 1 unspecified atom stereocenters. The summed E-state index contributed by atoms with van der Waals surface area (Å²) < 4.78 is 31.5. The maximum atomic E-state index is 13.6. The normalized spacial score (nSPS) is 12.6. The molecular weight excluding hydrogens is 454 g/mol. The van der Waals surface area contributed by atoms with Crippen molar-refractivity contribution in [3.63, 3.8) is 0 Å². The monoisotopic (exact) mass is 489 g/mol. The molecule has 0 radical (unpaired) electrons. The SMILES string of the molecule is COc1cccc(N(CC(=O)N(Cc2ccccc2C)C(C)C(=O)NC(C)(C)C)S(C)(=O)=O)c1. The molecule has 0 aliphatic rings. The van der Waals surface area contributed by atoms with E-state index in [2.05, 4.69) is 5.32 Å². The van der Waals surface area contributed by atoms with Crippen LogP contribution in [0, 0.1) is 6.92 Å². The number of hydrogen-bond donors (Lipinski definition) is 1. The number of carbonyl (C=O) groups is 2. The van der Waals surface area contributed by atoms with Crippen LogP contribution in [0.3, 0.4) is 0 Å². The molecule has 34 heavy (non-hydrogen) atoms. The first-order chi connectivity index (χ1) is 15.7. The molecule has 8 nitrogen and oxygen atoms in total. The topological polar surface area (TPSA) is 96.0 Å². The van der Waals surface area contributed by atoms with Crippen LogP contribution in [0.1, 0.15) is 38.8 Å². The molecule has 2 amide bonds. The predicted octanol–water partition coefficient (Wildman–Crippen LogP) is 3.10. The molecule has 0 bridgehead atoms. The van der Waals surface area contributed by atoms with E-state index in [0.717, 1.165) is 21.7 Å². The highest BCUT2D eigenvalue weighted by Crippen LogP contribution is 2.24. The Morgan fingerprint density at radius 2 is 1.74 bits per heavy atom. The fourth-order valence-electron chi connectivity index (χ4n) is 3.41. The number of sulfonamides is 1. The second-order valence-corrected chi connectivity index (χ2v) is 11.2. The minimum absolute atomic E-state index is 0.167. The van der Waals surface area contributed by atoms with Crippen molar-refractivity contribution in [2.45, 2.75) is 52.7 Å². The Hall–Kier alpha value is -3.07. The fourth-order valence-corrected chi connectivity index (χ4v) is 4.25. The first-order valence-corrected chi connectivity index (χ1v) is 12.9. The van der Waals surface area contributed by atoms with Gasteiger partial charge in [0, 0.05) is 18.2 Å². The summed E-state index contributed by atoms with van der Waals surface area (Å²) in [5.74, 6) is -0.344. The van der Waals surface area contributed by atoms with E-state index in [1.165, 1.54) is 12.0 Å². The second kappa shape index (κ2) is 10.9. The third-order valence-corrected chi connectivity index (χ3v) is 6.43. The molecule has 0 aliphatic carbocycles. The van der Waals surface area contributed by atoms with Gasteiger partial charge in [-0.15, -0.1) is 0 Å². The molecule has 0 aliphatic heterocycles. The molecule has 9 heteroatoms. The number of nitrogens with one attached hydrogen (secondary N) is 1. The van der Waals surface area contributed by atoms with Gasteiger partial charge in [0.1, 0.15) is 18.3 Å². The number of methoxy groups -OCH3 is 1. The molecule has 0 heterocycles. The molecule has 0 saturated heterocycles. The number of anilines is 1. The lowest BCUT2D eigenvalue weighted by atomic mass is 10.1. The highest BCUT2D eigenvalue weighted by atomic mass is 32.2. The summed E-state index contributed by atoms with van der Waals surface area (Å²) in [7, 11) is -2.32. The number of benzene rings is 2. The van der Waals surface area contributed by atoms with Crippen LogP contribution in [0.5, 0.6) is 5.75 Å². The zero-order valence-corrected chi connectivity index (χ0v) is 21.8. The number of carbonyl (C=O) groups excluding carboxylic acids is 2. The smallest absolute Gasteiger partial charge is 0.244 e. The Balaban J connectivity index is 2.43. The van der Waals surface area contributed by atoms with E-state index in [1.807, 2.05) is 52.0 Å². The molecule has 0 saturated carbocycles. The molecular formula is C25H35N3O5S. The van der Waals surface area contributed by atoms with Gasteiger partial charge in [0.25, 0.3) is 0 Å². The van der Waals surface area contributed by atoms with Crippen LogP contribution < -0.4 is 14.4 Å². The molecule has 2 rings (SSSR count). The number of hydrogen-bond acceptors (Lipinski definition) is 5. The summed E-state index contributed by atoms with van der Waals surface area (Å²) in [4.78, 5) is 27.9. The van der Waals surface area contributed by atoms with Crippen LogP contribution >= 0.6 is 0 Å². The van der Waals surface area contributed by atoms with Crippen molar-refractivity contribution in [2.75, 3.05) is 24.2 Å². The van der Waals surface area contributed by atoms with Gasteiger partial charge in [0.05, 0.1) is 19.1 Å². The Kier molecular flexibility index (Phi) is 8.72. The summed E-state index contributed by atoms with van der Waals surface area (Å²) in [6.07, 6.45) is 1.04. The minimum atomic E-state index is -3.80. The molecule has 1 N–H and O–H groups in total. The Bertz CT molecular complexity index is 1130. The van der Waals surface area contributed by atoms with Crippen molar-refractivity contribution in [1.29, 1.82) is 0 Å². The van der Waals surface area contributed by atoms with Gasteiger partial charge < -0.3 is 15.0 Å². The van der Waals surface area contributed by atoms with Crippen LogP contribution in [-0.4, -0.2) is 56.6 Å². The van der Waals surface area contributed by atoms with Crippen molar-refractivity contribution in [2.24, 2.45) is 0 Å². The third kappa shape index (κ3) is 7.48. The summed E-state index contributed by atoms with van der Waals surface area (Å²) in [6, 6.07) is 13.2. The van der Waals surface area contributed by atoms with Crippen LogP contribution in [0.2, 0.25) is 0 Å². The van der Waals surface area contributed by atoms with E-state index in [0.29, 0.717) is 11.4 Å². The largest absolute Gasteiger partial charge is 0.497 e. The first-order valence-electron chi connectivity index (χ1n) is 11.0. The summed E-state index contributed by atoms with van der Waals surface area (Å²) in [5, 5.41) is 2.90. The van der Waals surface area contributed by atoms with Gasteiger partial charge in [0.15, 0.2) is 0 Å². The van der Waals surface area contributed by atoms with Crippen LogP contribution in [-0.2, 0) is 26.2 Å². The maximum absolute atomic E-state index is 13.6. The third-order valence-electron chi connectivity index (χ3n) is 5.29. The Labute approximate surface area is 202 Å². The number of aryl methyl sites for hydroxylation is 1. The lowest BCUT2D eigenvalue weighted by molar-refractivity contribution is -0.140. The lowest BCUT2D eigenvalue weighted by Gasteiger charge is -2.33. The molecule has 0 spiro atoms. The van der Waals surface area contributed by atoms with Gasteiger partial charge in [-0.25, -0.2) is 8.42 Å². The van der Waals surface area contributed by atoms with Gasteiger partial charge in [-0.3, -0.25) is 13.9 Å². The average molecular weight is 490 g/mol. The van der Waals surface area contributed by atoms with E-state index in [-0.39, 0.29) is 12.5 Å². The molecule has 2 aromatic rings. The van der Waals surface area contributed by atoms with Gasteiger partial charge in [-0.05, 0) is 57.9 Å². The Morgan fingerprint density at radius 1 is 1.09 bits per heavy atom. The molecule has 1 atom stereocenters. The highest BCUT2D eigenvalue weighted by molar-refractivity contribution is 7.92. The predicted molar refractivity (Wildman–Crippen MR) is 134 cm³/mol. The zero-order chi connectivity index (χ0) is 25.7. The summed E-state index contributed by atoms with van der Waals surface area (Å²) >= 11 is 0. The number of ether oxygens (including phenoxy) is 1. The van der Waals surface area contributed by atoms with Gasteiger partial charge in [0.2, 0.25) is 21.8 Å². The quantitative estimate of drug-likeness (QED) is 0.584. The summed E-state index contributed by atoms with van der Waals surface area (Å²) in [5.41, 5.74) is 1.66. The van der Waals surface area contributed by atoms with Crippen molar-refractivity contribution in [3.05, 3.63) is 59.7 Å². The van der Waals surface area contributed by atoms with Crippen LogP contribution in [0.15, 0.2) is 48.5 Å². The number of rotatable bonds is 9. The fraction of sp³-hybridized carbons (Fsp3) is 0.440. The van der Waals surface area contributed by atoms with Gasteiger partial charge >= 0.3 is 0 Å². The van der Waals surface area contributed by atoms with E-state index in [9.17, 15) is 18.0 Å². The highest BCUT2D eigenvalue weighted by Gasteiger charge is 2.31. The standard InChI is InChI=1S/C25H35N3O5S/c1-18-11-8-9-12-20(18)16-27(19(2)24(30)26-25(3,4)5)23(29)17-28(34(7,31)32)21-13-10-14-22(15-21)33-6/h8-15,19H,16-17H2,1-7H3,(H,26,30).